The zero-order valence-corrected chi connectivity index (χ0v) is 17.4. The maximum atomic E-state index is 12.2. The number of amides is 1. The number of nitrogens with one attached hydrogen (secondary N) is 1. The summed E-state index contributed by atoms with van der Waals surface area (Å²) in [5, 5.41) is 2.76. The van der Waals surface area contributed by atoms with E-state index in [-0.39, 0.29) is 6.10 Å². The van der Waals surface area contributed by atoms with E-state index in [0.717, 1.165) is 17.5 Å². The fourth-order valence-corrected chi connectivity index (χ4v) is 2.67. The van der Waals surface area contributed by atoms with Gasteiger partial charge in [-0.1, -0.05) is 24.3 Å². The second-order valence-corrected chi connectivity index (χ2v) is 7.69. The molecule has 0 heterocycles. The lowest BCUT2D eigenvalue weighted by Crippen LogP contribution is -2.32. The Kier molecular flexibility index (Phi) is 8.13. The Morgan fingerprint density at radius 2 is 1.66 bits per heavy atom. The standard InChI is InChI=1S/C23H28N2O4/c1-17(2)28-14-13-23(3,4)29-22(27)25-21-11-7-19(8-12-21)15-18-5-9-20(10-6-18)24-16-26/h5-12,17H,13-15H2,1-4H3,(H,25,27). The second-order valence-electron chi connectivity index (χ2n) is 7.69. The second kappa shape index (κ2) is 10.6. The van der Waals surface area contributed by atoms with Crippen LogP contribution in [0.3, 0.4) is 0 Å². The summed E-state index contributed by atoms with van der Waals surface area (Å²) in [6.45, 7) is 8.22. The summed E-state index contributed by atoms with van der Waals surface area (Å²) in [6.07, 6.45) is 2.55. The maximum Gasteiger partial charge on any atom is 0.412 e. The summed E-state index contributed by atoms with van der Waals surface area (Å²) in [7, 11) is 0. The summed E-state index contributed by atoms with van der Waals surface area (Å²) >= 11 is 0. The molecule has 0 unspecified atom stereocenters. The van der Waals surface area contributed by atoms with Gasteiger partial charge in [0.05, 0.1) is 18.4 Å². The molecule has 1 N–H and O–H groups in total. The smallest absolute Gasteiger partial charge is 0.412 e. The Morgan fingerprint density at radius 3 is 2.21 bits per heavy atom. The predicted octanol–water partition coefficient (Wildman–Crippen LogP) is 5.39. The lowest BCUT2D eigenvalue weighted by molar-refractivity contribution is 0.000514. The van der Waals surface area contributed by atoms with E-state index in [9.17, 15) is 9.59 Å². The number of ether oxygens (including phenoxy) is 2. The van der Waals surface area contributed by atoms with Crippen LogP contribution in [0.15, 0.2) is 53.5 Å². The summed E-state index contributed by atoms with van der Waals surface area (Å²) < 4.78 is 11.0. The molecule has 0 fully saturated rings. The molecular formula is C23H28N2O4. The Hall–Kier alpha value is -2.95. The largest absolute Gasteiger partial charge is 0.443 e. The van der Waals surface area contributed by atoms with Crippen molar-refractivity contribution in [2.24, 2.45) is 4.99 Å². The van der Waals surface area contributed by atoms with Crippen LogP contribution in [-0.4, -0.2) is 30.5 Å². The van der Waals surface area contributed by atoms with Crippen molar-refractivity contribution >= 4 is 23.5 Å². The number of anilines is 1. The topological polar surface area (TPSA) is 77.0 Å². The molecule has 29 heavy (non-hydrogen) atoms. The molecular weight excluding hydrogens is 368 g/mol. The maximum absolute atomic E-state index is 12.2. The molecule has 6 nitrogen and oxygen atoms in total. The van der Waals surface area contributed by atoms with Crippen LogP contribution in [-0.2, 0) is 20.7 Å². The molecule has 6 heteroatoms. The summed E-state index contributed by atoms with van der Waals surface area (Å²) in [5.74, 6) is 0. The highest BCUT2D eigenvalue weighted by atomic mass is 16.6. The number of aliphatic imine (C=N–C) groups is 1. The molecule has 0 aliphatic rings. The summed E-state index contributed by atoms with van der Waals surface area (Å²) in [5.41, 5.74) is 2.84. The van der Waals surface area contributed by atoms with Gasteiger partial charge < -0.3 is 9.47 Å². The predicted molar refractivity (Wildman–Crippen MR) is 113 cm³/mol. The molecule has 2 rings (SSSR count). The summed E-state index contributed by atoms with van der Waals surface area (Å²) in [6, 6.07) is 15.0. The number of hydrogen-bond acceptors (Lipinski definition) is 5. The van der Waals surface area contributed by atoms with Gasteiger partial charge >= 0.3 is 6.09 Å². The van der Waals surface area contributed by atoms with Crippen LogP contribution in [0.25, 0.3) is 0 Å². The molecule has 0 spiro atoms. The van der Waals surface area contributed by atoms with Crippen molar-refractivity contribution in [1.29, 1.82) is 0 Å². The third kappa shape index (κ3) is 8.30. The monoisotopic (exact) mass is 396 g/mol. The molecule has 0 aliphatic carbocycles. The number of hydrogen-bond donors (Lipinski definition) is 1. The highest BCUT2D eigenvalue weighted by Crippen LogP contribution is 2.19. The van der Waals surface area contributed by atoms with E-state index in [1.807, 2.05) is 64.1 Å². The average molecular weight is 396 g/mol. The van der Waals surface area contributed by atoms with Crippen molar-refractivity contribution in [3.8, 4) is 0 Å². The van der Waals surface area contributed by atoms with Gasteiger partial charge in [0.1, 0.15) is 5.60 Å². The molecule has 0 saturated carbocycles. The van der Waals surface area contributed by atoms with Gasteiger partial charge in [-0.25, -0.2) is 9.59 Å². The van der Waals surface area contributed by atoms with E-state index in [1.54, 1.807) is 12.1 Å². The highest BCUT2D eigenvalue weighted by Gasteiger charge is 2.23. The number of isocyanates is 1. The van der Waals surface area contributed by atoms with Crippen LogP contribution in [0.2, 0.25) is 0 Å². The fraction of sp³-hybridized carbons (Fsp3) is 0.391. The zero-order chi connectivity index (χ0) is 21.3. The summed E-state index contributed by atoms with van der Waals surface area (Å²) in [4.78, 5) is 26.0. The number of carbonyl (C=O) groups excluding carboxylic acids is 2. The van der Waals surface area contributed by atoms with Crippen LogP contribution < -0.4 is 5.32 Å². The first kappa shape index (κ1) is 22.3. The minimum atomic E-state index is -0.612. The lowest BCUT2D eigenvalue weighted by atomic mass is 10.0. The van der Waals surface area contributed by atoms with Crippen molar-refractivity contribution in [3.63, 3.8) is 0 Å². The van der Waals surface area contributed by atoms with E-state index in [0.29, 0.717) is 24.4 Å². The van der Waals surface area contributed by atoms with Crippen LogP contribution in [0.5, 0.6) is 0 Å². The van der Waals surface area contributed by atoms with Gasteiger partial charge in [-0.15, -0.1) is 0 Å². The Balaban J connectivity index is 1.86. The van der Waals surface area contributed by atoms with Crippen LogP contribution in [0.4, 0.5) is 16.2 Å². The fourth-order valence-electron chi connectivity index (χ4n) is 2.67. The highest BCUT2D eigenvalue weighted by molar-refractivity contribution is 5.84. The Labute approximate surface area is 171 Å². The molecule has 0 bridgehead atoms. The van der Waals surface area contributed by atoms with Crippen molar-refractivity contribution in [2.45, 2.75) is 52.2 Å². The van der Waals surface area contributed by atoms with Gasteiger partial charge in [-0.3, -0.25) is 5.32 Å². The molecule has 154 valence electrons. The van der Waals surface area contributed by atoms with Crippen molar-refractivity contribution in [1.82, 2.24) is 0 Å². The lowest BCUT2D eigenvalue weighted by Gasteiger charge is -2.25. The molecule has 0 aliphatic heterocycles. The van der Waals surface area contributed by atoms with E-state index in [4.69, 9.17) is 9.47 Å². The van der Waals surface area contributed by atoms with Gasteiger partial charge in [0.2, 0.25) is 6.08 Å². The minimum Gasteiger partial charge on any atom is -0.443 e. The normalized spacial score (nSPS) is 11.1. The molecule has 0 atom stereocenters. The van der Waals surface area contributed by atoms with Crippen LogP contribution in [0.1, 0.15) is 45.2 Å². The Morgan fingerprint density at radius 1 is 1.07 bits per heavy atom. The zero-order valence-electron chi connectivity index (χ0n) is 17.4. The third-order valence-electron chi connectivity index (χ3n) is 4.24. The first-order valence-corrected chi connectivity index (χ1v) is 9.65. The van der Waals surface area contributed by atoms with Gasteiger partial charge in [-0.05, 0) is 69.5 Å². The minimum absolute atomic E-state index is 0.154. The molecule has 0 radical (unpaired) electrons. The van der Waals surface area contributed by atoms with E-state index in [2.05, 4.69) is 10.3 Å². The number of benzene rings is 2. The molecule has 0 saturated heterocycles. The van der Waals surface area contributed by atoms with Crippen LogP contribution >= 0.6 is 0 Å². The number of carbonyl (C=O) groups is 1. The van der Waals surface area contributed by atoms with Crippen molar-refractivity contribution < 1.29 is 19.1 Å². The SMILES string of the molecule is CC(C)OCCC(C)(C)OC(=O)Nc1ccc(Cc2ccc(N=C=O)cc2)cc1. The molecule has 0 aromatic heterocycles. The van der Waals surface area contributed by atoms with E-state index in [1.165, 1.54) is 6.08 Å². The van der Waals surface area contributed by atoms with Crippen LogP contribution in [0, 0.1) is 0 Å². The molecule has 2 aromatic rings. The van der Waals surface area contributed by atoms with Gasteiger partial charge in [0, 0.05) is 12.1 Å². The third-order valence-corrected chi connectivity index (χ3v) is 4.24. The Bertz CT molecular complexity index is 836. The van der Waals surface area contributed by atoms with Crippen molar-refractivity contribution in [2.75, 3.05) is 11.9 Å². The van der Waals surface area contributed by atoms with Gasteiger partial charge in [0.25, 0.3) is 0 Å². The molecule has 2 aromatic carbocycles. The number of rotatable bonds is 9. The van der Waals surface area contributed by atoms with Gasteiger partial charge in [0.15, 0.2) is 0 Å². The van der Waals surface area contributed by atoms with Gasteiger partial charge in [-0.2, -0.15) is 4.99 Å². The van der Waals surface area contributed by atoms with Crippen molar-refractivity contribution in [3.05, 3.63) is 59.7 Å². The first-order valence-electron chi connectivity index (χ1n) is 9.65. The van der Waals surface area contributed by atoms with E-state index < -0.39 is 11.7 Å². The first-order chi connectivity index (χ1) is 13.8. The quantitative estimate of drug-likeness (QED) is 0.455. The average Bonchev–Trinajstić information content (AvgIpc) is 2.64. The molecule has 1 amide bonds. The number of nitrogens with zero attached hydrogens (tertiary/aromatic N) is 1. The van der Waals surface area contributed by atoms with E-state index >= 15 is 0 Å².